The number of nitrogens with one attached hydrogen (secondary N) is 1. The van der Waals surface area contributed by atoms with Crippen molar-refractivity contribution in [3.05, 3.63) is 59.2 Å². The molecule has 27 heavy (non-hydrogen) atoms. The van der Waals surface area contributed by atoms with E-state index in [1.54, 1.807) is 0 Å². The topological polar surface area (TPSA) is 47.6 Å². The zero-order valence-corrected chi connectivity index (χ0v) is 16.3. The summed E-state index contributed by atoms with van der Waals surface area (Å²) in [6, 6.07) is 14.1. The van der Waals surface area contributed by atoms with Gasteiger partial charge in [-0.05, 0) is 74.4 Å². The van der Waals surface area contributed by atoms with Crippen LogP contribution in [0.2, 0.25) is 0 Å². The first-order valence-corrected chi connectivity index (χ1v) is 9.91. The Morgan fingerprint density at radius 3 is 2.48 bits per heavy atom. The average Bonchev–Trinajstić information content (AvgIpc) is 2.70. The van der Waals surface area contributed by atoms with Crippen LogP contribution < -0.4 is 14.8 Å². The minimum Gasteiger partial charge on any atom is -0.492 e. The van der Waals surface area contributed by atoms with Gasteiger partial charge in [0.25, 0.3) is 5.91 Å². The highest BCUT2D eigenvalue weighted by Gasteiger charge is 2.19. The van der Waals surface area contributed by atoms with Crippen LogP contribution >= 0.6 is 0 Å². The summed E-state index contributed by atoms with van der Waals surface area (Å²) >= 11 is 0. The zero-order chi connectivity index (χ0) is 19.1. The number of benzene rings is 2. The summed E-state index contributed by atoms with van der Waals surface area (Å²) < 4.78 is 11.6. The molecule has 0 unspecified atom stereocenters. The number of aryl methyl sites for hydroxylation is 3. The van der Waals surface area contributed by atoms with E-state index >= 15 is 0 Å². The molecular weight excluding hydrogens is 338 g/mol. The molecule has 0 saturated carbocycles. The number of ether oxygens (including phenoxy) is 2. The van der Waals surface area contributed by atoms with E-state index in [-0.39, 0.29) is 5.91 Å². The number of carbonyl (C=O) groups excluding carboxylic acids is 1. The third-order valence-electron chi connectivity index (χ3n) is 4.95. The van der Waals surface area contributed by atoms with Gasteiger partial charge in [-0.15, -0.1) is 0 Å². The molecule has 2 aromatic carbocycles. The van der Waals surface area contributed by atoms with Crippen LogP contribution in [0.5, 0.6) is 11.5 Å². The van der Waals surface area contributed by atoms with Crippen molar-refractivity contribution in [1.29, 1.82) is 0 Å². The second kappa shape index (κ2) is 9.45. The molecule has 0 spiro atoms. The van der Waals surface area contributed by atoms with Crippen LogP contribution in [0.15, 0.2) is 42.5 Å². The maximum Gasteiger partial charge on any atom is 0.261 e. The van der Waals surface area contributed by atoms with Crippen LogP contribution in [0.25, 0.3) is 0 Å². The quantitative estimate of drug-likeness (QED) is 0.711. The van der Waals surface area contributed by atoms with E-state index < -0.39 is 6.10 Å². The lowest BCUT2D eigenvalue weighted by Gasteiger charge is -2.20. The van der Waals surface area contributed by atoms with Crippen LogP contribution in [0, 0.1) is 6.92 Å². The molecule has 0 fully saturated rings. The highest BCUT2D eigenvalue weighted by atomic mass is 16.5. The third-order valence-corrected chi connectivity index (χ3v) is 4.95. The van der Waals surface area contributed by atoms with Crippen LogP contribution in [-0.2, 0) is 17.6 Å². The molecule has 0 aromatic heterocycles. The highest BCUT2D eigenvalue weighted by molar-refractivity contribution is 5.81. The van der Waals surface area contributed by atoms with Gasteiger partial charge in [-0.1, -0.05) is 30.7 Å². The van der Waals surface area contributed by atoms with Crippen molar-refractivity contribution in [3.8, 4) is 11.5 Å². The minimum absolute atomic E-state index is 0.0947. The maximum absolute atomic E-state index is 12.4. The SMILES string of the molecule is CC[C@H](Oc1ccc2c(c1)CCCC2)C(=O)NCCOc1ccc(C)cc1. The second-order valence-electron chi connectivity index (χ2n) is 7.10. The highest BCUT2D eigenvalue weighted by Crippen LogP contribution is 2.26. The molecule has 1 atom stereocenters. The number of hydrogen-bond acceptors (Lipinski definition) is 3. The van der Waals surface area contributed by atoms with Crippen molar-refractivity contribution < 1.29 is 14.3 Å². The summed E-state index contributed by atoms with van der Waals surface area (Å²) in [5, 5.41) is 2.91. The number of rotatable bonds is 8. The van der Waals surface area contributed by atoms with Crippen molar-refractivity contribution in [2.24, 2.45) is 0 Å². The smallest absolute Gasteiger partial charge is 0.261 e. The summed E-state index contributed by atoms with van der Waals surface area (Å²) in [5.41, 5.74) is 3.97. The van der Waals surface area contributed by atoms with Gasteiger partial charge in [0.1, 0.15) is 18.1 Å². The predicted molar refractivity (Wildman–Crippen MR) is 107 cm³/mol. The Labute approximate surface area is 161 Å². The first kappa shape index (κ1) is 19.3. The molecular formula is C23H29NO3. The summed E-state index contributed by atoms with van der Waals surface area (Å²) in [6.07, 6.45) is 4.89. The van der Waals surface area contributed by atoms with Gasteiger partial charge in [-0.25, -0.2) is 0 Å². The van der Waals surface area contributed by atoms with Crippen LogP contribution in [0.3, 0.4) is 0 Å². The fourth-order valence-electron chi connectivity index (χ4n) is 3.36. The van der Waals surface area contributed by atoms with E-state index in [4.69, 9.17) is 9.47 Å². The van der Waals surface area contributed by atoms with Gasteiger partial charge in [0.15, 0.2) is 6.10 Å². The van der Waals surface area contributed by atoms with Crippen molar-refractivity contribution in [2.45, 2.75) is 52.1 Å². The molecule has 0 saturated heterocycles. The fourth-order valence-corrected chi connectivity index (χ4v) is 3.36. The molecule has 1 amide bonds. The van der Waals surface area contributed by atoms with Crippen LogP contribution in [0.1, 0.15) is 42.9 Å². The second-order valence-corrected chi connectivity index (χ2v) is 7.10. The zero-order valence-electron chi connectivity index (χ0n) is 16.3. The number of carbonyl (C=O) groups is 1. The van der Waals surface area contributed by atoms with E-state index in [9.17, 15) is 4.79 Å². The summed E-state index contributed by atoms with van der Waals surface area (Å²) in [5.74, 6) is 1.50. The Bertz CT molecular complexity index is 755. The maximum atomic E-state index is 12.4. The van der Waals surface area contributed by atoms with Gasteiger partial charge in [0, 0.05) is 0 Å². The van der Waals surface area contributed by atoms with Gasteiger partial charge in [0.05, 0.1) is 6.54 Å². The molecule has 1 aliphatic carbocycles. The number of fused-ring (bicyclic) bond motifs is 1. The summed E-state index contributed by atoms with van der Waals surface area (Å²) in [7, 11) is 0. The van der Waals surface area contributed by atoms with Gasteiger partial charge >= 0.3 is 0 Å². The van der Waals surface area contributed by atoms with E-state index in [0.717, 1.165) is 24.3 Å². The Morgan fingerprint density at radius 2 is 1.74 bits per heavy atom. The first-order valence-electron chi connectivity index (χ1n) is 9.91. The molecule has 4 heteroatoms. The van der Waals surface area contributed by atoms with E-state index in [2.05, 4.69) is 17.4 Å². The average molecular weight is 367 g/mol. The lowest BCUT2D eigenvalue weighted by molar-refractivity contribution is -0.128. The molecule has 144 valence electrons. The lowest BCUT2D eigenvalue weighted by Crippen LogP contribution is -2.39. The van der Waals surface area contributed by atoms with Gasteiger partial charge in [-0.3, -0.25) is 4.79 Å². The molecule has 0 bridgehead atoms. The number of hydrogen-bond donors (Lipinski definition) is 1. The van der Waals surface area contributed by atoms with Gasteiger partial charge in [-0.2, -0.15) is 0 Å². The largest absolute Gasteiger partial charge is 0.492 e. The Hall–Kier alpha value is -2.49. The Kier molecular flexibility index (Phi) is 6.74. The van der Waals surface area contributed by atoms with E-state index in [1.807, 2.05) is 44.2 Å². The summed E-state index contributed by atoms with van der Waals surface area (Å²) in [6.45, 7) is 4.89. The molecule has 0 radical (unpaired) electrons. The first-order chi connectivity index (χ1) is 13.2. The molecule has 2 aromatic rings. The fraction of sp³-hybridized carbons (Fsp3) is 0.435. The van der Waals surface area contributed by atoms with E-state index in [1.165, 1.54) is 29.5 Å². The lowest BCUT2D eigenvalue weighted by atomic mass is 9.92. The Balaban J connectivity index is 1.46. The number of amides is 1. The van der Waals surface area contributed by atoms with Crippen LogP contribution in [0.4, 0.5) is 0 Å². The minimum atomic E-state index is -0.481. The Morgan fingerprint density at radius 1 is 1.04 bits per heavy atom. The van der Waals surface area contributed by atoms with Gasteiger partial charge < -0.3 is 14.8 Å². The van der Waals surface area contributed by atoms with Crippen molar-refractivity contribution >= 4 is 5.91 Å². The monoisotopic (exact) mass is 367 g/mol. The van der Waals surface area contributed by atoms with E-state index in [0.29, 0.717) is 19.6 Å². The molecule has 0 heterocycles. The molecule has 1 aliphatic rings. The molecule has 0 aliphatic heterocycles. The molecule has 4 nitrogen and oxygen atoms in total. The van der Waals surface area contributed by atoms with Crippen molar-refractivity contribution in [2.75, 3.05) is 13.2 Å². The normalized spacial score (nSPS) is 14.1. The van der Waals surface area contributed by atoms with Crippen molar-refractivity contribution in [1.82, 2.24) is 5.32 Å². The third kappa shape index (κ3) is 5.49. The molecule has 1 N–H and O–H groups in total. The predicted octanol–water partition coefficient (Wildman–Crippen LogP) is 4.23. The van der Waals surface area contributed by atoms with Crippen molar-refractivity contribution in [3.63, 3.8) is 0 Å². The standard InChI is InChI=1S/C23H29NO3/c1-3-22(27-21-13-10-18-6-4-5-7-19(18)16-21)23(25)24-14-15-26-20-11-8-17(2)9-12-20/h8-13,16,22H,3-7,14-15H2,1-2H3,(H,24,25)/t22-/m0/s1. The van der Waals surface area contributed by atoms with Gasteiger partial charge in [0.2, 0.25) is 0 Å². The summed E-state index contributed by atoms with van der Waals surface area (Å²) in [4.78, 5) is 12.4. The van der Waals surface area contributed by atoms with Crippen LogP contribution in [-0.4, -0.2) is 25.2 Å². The molecule has 3 rings (SSSR count).